The number of nitrogens with one attached hydrogen (secondary N) is 1. The van der Waals surface area contributed by atoms with Crippen molar-refractivity contribution in [2.24, 2.45) is 5.41 Å². The van der Waals surface area contributed by atoms with Crippen LogP contribution in [0.25, 0.3) is 0 Å². The minimum atomic E-state index is 0.305. The lowest BCUT2D eigenvalue weighted by Crippen LogP contribution is -2.41. The van der Waals surface area contributed by atoms with Gasteiger partial charge in [-0.05, 0) is 45.8 Å². The molecular weight excluding hydrogens is 270 g/mol. The van der Waals surface area contributed by atoms with Gasteiger partial charge in [0.1, 0.15) is 0 Å². The second-order valence-corrected chi connectivity index (χ2v) is 6.73. The van der Waals surface area contributed by atoms with Gasteiger partial charge in [-0.3, -0.25) is 0 Å². The molecule has 86 valence electrons. The molecule has 1 N–H and O–H groups in total. The summed E-state index contributed by atoms with van der Waals surface area (Å²) in [4.78, 5) is 1.44. The molecule has 1 heterocycles. The van der Waals surface area contributed by atoms with Crippen molar-refractivity contribution < 1.29 is 0 Å². The predicted octanol–water partition coefficient (Wildman–Crippen LogP) is 4.08. The maximum atomic E-state index is 3.60. The van der Waals surface area contributed by atoms with E-state index in [1.165, 1.54) is 9.35 Å². The molecule has 0 bridgehead atoms. The maximum Gasteiger partial charge on any atom is 0.0314 e. The smallest absolute Gasteiger partial charge is 0.0314 e. The van der Waals surface area contributed by atoms with Gasteiger partial charge in [-0.1, -0.05) is 27.7 Å². The molecule has 1 atom stereocenters. The van der Waals surface area contributed by atoms with Gasteiger partial charge < -0.3 is 5.32 Å². The predicted molar refractivity (Wildman–Crippen MR) is 72.6 cm³/mol. The first-order valence-electron chi connectivity index (χ1n) is 5.40. The van der Waals surface area contributed by atoms with Crippen LogP contribution < -0.4 is 5.32 Å². The monoisotopic (exact) mass is 289 g/mol. The first-order valence-corrected chi connectivity index (χ1v) is 7.07. The fraction of sp³-hybridized carbons (Fsp3) is 0.667. The molecule has 0 radical (unpaired) electrons. The van der Waals surface area contributed by atoms with Gasteiger partial charge in [-0.15, -0.1) is 11.3 Å². The average molecular weight is 290 g/mol. The van der Waals surface area contributed by atoms with Crippen molar-refractivity contribution in [2.75, 3.05) is 6.54 Å². The summed E-state index contributed by atoms with van der Waals surface area (Å²) >= 11 is 5.43. The van der Waals surface area contributed by atoms with Crippen LogP contribution in [0.3, 0.4) is 0 Å². The van der Waals surface area contributed by atoms with E-state index in [0.29, 0.717) is 11.5 Å². The van der Waals surface area contributed by atoms with Crippen LogP contribution in [0.1, 0.15) is 32.6 Å². The molecule has 15 heavy (non-hydrogen) atoms. The highest BCUT2D eigenvalue weighted by molar-refractivity contribution is 9.10. The van der Waals surface area contributed by atoms with Crippen molar-refractivity contribution in [3.05, 3.63) is 20.8 Å². The van der Waals surface area contributed by atoms with Crippen LogP contribution in [0.15, 0.2) is 15.9 Å². The minimum Gasteiger partial charge on any atom is -0.313 e. The number of halogens is 1. The normalized spacial score (nSPS) is 14.2. The molecule has 1 rings (SSSR count). The average Bonchev–Trinajstić information content (AvgIpc) is 2.49. The topological polar surface area (TPSA) is 12.0 Å². The minimum absolute atomic E-state index is 0.305. The largest absolute Gasteiger partial charge is 0.313 e. The lowest BCUT2D eigenvalue weighted by atomic mass is 9.84. The van der Waals surface area contributed by atoms with Gasteiger partial charge in [0, 0.05) is 15.4 Å². The Morgan fingerprint density at radius 2 is 2.13 bits per heavy atom. The zero-order valence-corrected chi connectivity index (χ0v) is 12.3. The van der Waals surface area contributed by atoms with E-state index in [9.17, 15) is 0 Å². The first-order chi connectivity index (χ1) is 6.95. The van der Waals surface area contributed by atoms with E-state index < -0.39 is 0 Å². The highest BCUT2D eigenvalue weighted by Crippen LogP contribution is 2.29. The summed E-state index contributed by atoms with van der Waals surface area (Å²) in [5, 5.41) is 5.72. The molecule has 1 unspecified atom stereocenters. The van der Waals surface area contributed by atoms with Gasteiger partial charge in [-0.2, -0.15) is 0 Å². The Morgan fingerprint density at radius 3 is 2.53 bits per heavy atom. The van der Waals surface area contributed by atoms with Crippen LogP contribution in [-0.4, -0.2) is 12.6 Å². The van der Waals surface area contributed by atoms with Gasteiger partial charge in [-0.25, -0.2) is 0 Å². The van der Waals surface area contributed by atoms with Crippen molar-refractivity contribution in [3.63, 3.8) is 0 Å². The Kier molecular flexibility index (Phi) is 4.81. The Labute approximate surface area is 105 Å². The number of hydrogen-bond donors (Lipinski definition) is 1. The number of hydrogen-bond acceptors (Lipinski definition) is 2. The molecule has 0 amide bonds. The molecule has 0 saturated carbocycles. The Hall–Kier alpha value is 0.140. The van der Waals surface area contributed by atoms with Crippen LogP contribution in [0.5, 0.6) is 0 Å². The zero-order valence-electron chi connectivity index (χ0n) is 9.93. The summed E-state index contributed by atoms with van der Waals surface area (Å²) in [7, 11) is 0. The maximum absolute atomic E-state index is 3.60. The van der Waals surface area contributed by atoms with Crippen LogP contribution in [0, 0.1) is 5.41 Å². The molecule has 0 spiro atoms. The van der Waals surface area contributed by atoms with Gasteiger partial charge in [0.25, 0.3) is 0 Å². The highest BCUT2D eigenvalue weighted by Gasteiger charge is 2.24. The van der Waals surface area contributed by atoms with E-state index in [1.54, 1.807) is 0 Å². The lowest BCUT2D eigenvalue weighted by molar-refractivity contribution is 0.271. The molecule has 3 heteroatoms. The van der Waals surface area contributed by atoms with Crippen LogP contribution in [0.2, 0.25) is 0 Å². The van der Waals surface area contributed by atoms with Crippen molar-refractivity contribution >= 4 is 27.3 Å². The molecule has 1 nitrogen and oxygen atoms in total. The van der Waals surface area contributed by atoms with Crippen molar-refractivity contribution in [1.82, 2.24) is 5.32 Å². The van der Waals surface area contributed by atoms with Gasteiger partial charge in [0.05, 0.1) is 0 Å². The van der Waals surface area contributed by atoms with Crippen molar-refractivity contribution in [1.29, 1.82) is 0 Å². The van der Waals surface area contributed by atoms with Gasteiger partial charge in [0.15, 0.2) is 0 Å². The standard InChI is InChI=1S/C12H20BrNS/c1-5-14-11(12(2,3)4)8-10-9(13)6-7-15-10/h6-7,11,14H,5,8H2,1-4H3. The molecule has 1 aromatic rings. The van der Waals surface area contributed by atoms with E-state index in [2.05, 4.69) is 60.4 Å². The van der Waals surface area contributed by atoms with E-state index in [4.69, 9.17) is 0 Å². The highest BCUT2D eigenvalue weighted by atomic mass is 79.9. The van der Waals surface area contributed by atoms with Crippen LogP contribution in [0.4, 0.5) is 0 Å². The molecular formula is C12H20BrNS. The third-order valence-electron chi connectivity index (χ3n) is 2.58. The number of thiophene rings is 1. The quantitative estimate of drug-likeness (QED) is 0.881. The van der Waals surface area contributed by atoms with E-state index in [1.807, 2.05) is 11.3 Å². The fourth-order valence-electron chi connectivity index (χ4n) is 1.59. The summed E-state index contributed by atoms with van der Waals surface area (Å²) in [6.45, 7) is 10.1. The van der Waals surface area contributed by atoms with Crippen molar-refractivity contribution in [2.45, 2.75) is 40.2 Å². The Bertz CT molecular complexity index is 301. The summed E-state index contributed by atoms with van der Waals surface area (Å²) in [5.41, 5.74) is 0.305. The Balaban J connectivity index is 2.71. The fourth-order valence-corrected chi connectivity index (χ4v) is 3.15. The molecule has 0 saturated heterocycles. The van der Waals surface area contributed by atoms with Gasteiger partial charge in [0.2, 0.25) is 0 Å². The third-order valence-corrected chi connectivity index (χ3v) is 4.53. The molecule has 0 aliphatic heterocycles. The third kappa shape index (κ3) is 3.89. The SMILES string of the molecule is CCNC(Cc1sccc1Br)C(C)(C)C. The van der Waals surface area contributed by atoms with Crippen molar-refractivity contribution in [3.8, 4) is 0 Å². The van der Waals surface area contributed by atoms with E-state index in [0.717, 1.165) is 13.0 Å². The van der Waals surface area contributed by atoms with E-state index >= 15 is 0 Å². The number of rotatable bonds is 4. The summed E-state index contributed by atoms with van der Waals surface area (Å²) in [5.74, 6) is 0. The molecule has 0 aliphatic rings. The van der Waals surface area contributed by atoms with Crippen LogP contribution in [-0.2, 0) is 6.42 Å². The number of likely N-dealkylation sites (N-methyl/N-ethyl adjacent to an activating group) is 1. The second-order valence-electron chi connectivity index (χ2n) is 4.87. The summed E-state index contributed by atoms with van der Waals surface area (Å²) in [6.07, 6.45) is 1.11. The summed E-state index contributed by atoms with van der Waals surface area (Å²) < 4.78 is 1.25. The van der Waals surface area contributed by atoms with Crippen LogP contribution >= 0.6 is 27.3 Å². The molecule has 0 fully saturated rings. The summed E-state index contributed by atoms with van der Waals surface area (Å²) in [6, 6.07) is 2.67. The zero-order chi connectivity index (χ0) is 11.5. The Morgan fingerprint density at radius 1 is 1.47 bits per heavy atom. The first kappa shape index (κ1) is 13.2. The second kappa shape index (κ2) is 5.46. The lowest BCUT2D eigenvalue weighted by Gasteiger charge is -2.31. The molecule has 0 aromatic carbocycles. The van der Waals surface area contributed by atoms with E-state index in [-0.39, 0.29) is 0 Å². The molecule has 1 aromatic heterocycles. The van der Waals surface area contributed by atoms with Gasteiger partial charge >= 0.3 is 0 Å². The molecule has 0 aliphatic carbocycles.